The first-order valence-electron chi connectivity index (χ1n) is 8.36. The highest BCUT2D eigenvalue weighted by Gasteiger charge is 2.23. The predicted molar refractivity (Wildman–Crippen MR) is 105 cm³/mol. The SMILES string of the molecule is CSc1nc2sc3c(c2c(=O)n1NC(=S)N1CCCC1)CCCC3. The lowest BCUT2D eigenvalue weighted by atomic mass is 9.97. The van der Waals surface area contributed by atoms with Gasteiger partial charge < -0.3 is 4.90 Å². The number of aromatic nitrogens is 2. The molecule has 1 fully saturated rings. The molecule has 0 bridgehead atoms. The maximum Gasteiger partial charge on any atom is 0.282 e. The Labute approximate surface area is 154 Å². The van der Waals surface area contributed by atoms with Crippen molar-refractivity contribution in [3.8, 4) is 0 Å². The third-order valence-electron chi connectivity index (χ3n) is 4.74. The lowest BCUT2D eigenvalue weighted by Gasteiger charge is -2.21. The van der Waals surface area contributed by atoms with Crippen molar-refractivity contribution in [3.05, 3.63) is 20.8 Å². The molecule has 2 aliphatic rings. The molecule has 1 saturated heterocycles. The van der Waals surface area contributed by atoms with E-state index in [1.807, 2.05) is 6.26 Å². The molecule has 1 N–H and O–H groups in total. The average Bonchev–Trinajstić information content (AvgIpc) is 3.24. The fraction of sp³-hybridized carbons (Fsp3) is 0.562. The monoisotopic (exact) mass is 380 g/mol. The summed E-state index contributed by atoms with van der Waals surface area (Å²) in [5, 5.41) is 2.09. The smallest absolute Gasteiger partial charge is 0.282 e. The number of hydrogen-bond donors (Lipinski definition) is 1. The molecule has 1 aliphatic carbocycles. The molecule has 0 saturated carbocycles. The number of nitrogens with one attached hydrogen (secondary N) is 1. The minimum atomic E-state index is -0.00898. The molecular weight excluding hydrogens is 360 g/mol. The van der Waals surface area contributed by atoms with E-state index in [9.17, 15) is 4.79 Å². The first-order valence-corrected chi connectivity index (χ1v) is 10.8. The Bertz CT molecular complexity index is 851. The summed E-state index contributed by atoms with van der Waals surface area (Å²) in [5.41, 5.74) is 4.35. The highest BCUT2D eigenvalue weighted by Crippen LogP contribution is 2.34. The third-order valence-corrected chi connectivity index (χ3v) is 6.92. The molecular formula is C16H20N4OS3. The molecule has 128 valence electrons. The molecule has 0 aromatic carbocycles. The lowest BCUT2D eigenvalue weighted by molar-refractivity contribution is 0.518. The van der Waals surface area contributed by atoms with Gasteiger partial charge in [0.25, 0.3) is 5.56 Å². The molecule has 2 aromatic heterocycles. The Kier molecular flexibility index (Phi) is 4.53. The molecule has 0 spiro atoms. The first kappa shape index (κ1) is 16.4. The Morgan fingerprint density at radius 1 is 1.25 bits per heavy atom. The van der Waals surface area contributed by atoms with Crippen LogP contribution in [0.5, 0.6) is 0 Å². The van der Waals surface area contributed by atoms with Crippen LogP contribution in [0, 0.1) is 0 Å². The van der Waals surface area contributed by atoms with Crippen molar-refractivity contribution >= 4 is 50.6 Å². The van der Waals surface area contributed by atoms with Crippen molar-refractivity contribution in [1.82, 2.24) is 14.6 Å². The number of thiophene rings is 1. The summed E-state index contributed by atoms with van der Waals surface area (Å²) in [5.74, 6) is 0. The zero-order valence-electron chi connectivity index (χ0n) is 13.6. The van der Waals surface area contributed by atoms with Crippen molar-refractivity contribution in [1.29, 1.82) is 0 Å². The van der Waals surface area contributed by atoms with E-state index in [4.69, 9.17) is 17.2 Å². The van der Waals surface area contributed by atoms with Gasteiger partial charge >= 0.3 is 0 Å². The molecule has 2 aromatic rings. The second-order valence-electron chi connectivity index (χ2n) is 6.24. The van der Waals surface area contributed by atoms with Crippen LogP contribution in [0.15, 0.2) is 9.95 Å². The molecule has 0 radical (unpaired) electrons. The molecule has 3 heterocycles. The second kappa shape index (κ2) is 6.65. The third kappa shape index (κ3) is 2.74. The number of likely N-dealkylation sites (tertiary alicyclic amines) is 1. The highest BCUT2D eigenvalue weighted by molar-refractivity contribution is 7.98. The van der Waals surface area contributed by atoms with E-state index in [-0.39, 0.29) is 5.56 Å². The average molecular weight is 381 g/mol. The van der Waals surface area contributed by atoms with Gasteiger partial charge in [-0.15, -0.1) is 11.3 Å². The van der Waals surface area contributed by atoms with Crippen LogP contribution in [0.4, 0.5) is 0 Å². The number of rotatable bonds is 2. The van der Waals surface area contributed by atoms with E-state index in [1.54, 1.807) is 16.0 Å². The maximum atomic E-state index is 13.2. The van der Waals surface area contributed by atoms with Crippen LogP contribution >= 0.6 is 35.3 Å². The van der Waals surface area contributed by atoms with Gasteiger partial charge in [-0.1, -0.05) is 11.8 Å². The number of fused-ring (bicyclic) bond motifs is 3. The van der Waals surface area contributed by atoms with Crippen LogP contribution in [-0.4, -0.2) is 39.0 Å². The first-order chi connectivity index (χ1) is 11.7. The van der Waals surface area contributed by atoms with Gasteiger partial charge in [0.1, 0.15) is 4.83 Å². The molecule has 8 heteroatoms. The zero-order chi connectivity index (χ0) is 16.7. The molecule has 0 atom stereocenters. The van der Waals surface area contributed by atoms with E-state index in [0.29, 0.717) is 10.3 Å². The van der Waals surface area contributed by atoms with E-state index in [0.717, 1.165) is 55.4 Å². The van der Waals surface area contributed by atoms with Crippen molar-refractivity contribution in [3.63, 3.8) is 0 Å². The summed E-state index contributed by atoms with van der Waals surface area (Å²) < 4.78 is 1.55. The number of hydrogen-bond acceptors (Lipinski definition) is 5. The van der Waals surface area contributed by atoms with Crippen LogP contribution in [0.1, 0.15) is 36.1 Å². The minimum Gasteiger partial charge on any atom is -0.348 e. The van der Waals surface area contributed by atoms with Gasteiger partial charge in [0.2, 0.25) is 0 Å². The van der Waals surface area contributed by atoms with Crippen LogP contribution < -0.4 is 11.0 Å². The summed E-state index contributed by atoms with van der Waals surface area (Å²) in [7, 11) is 0. The Balaban J connectivity index is 1.80. The Hall–Kier alpha value is -1.12. The van der Waals surface area contributed by atoms with Gasteiger partial charge in [0.05, 0.1) is 5.39 Å². The fourth-order valence-electron chi connectivity index (χ4n) is 3.51. The maximum absolute atomic E-state index is 13.2. The van der Waals surface area contributed by atoms with E-state index < -0.39 is 0 Å². The largest absolute Gasteiger partial charge is 0.348 e. The topological polar surface area (TPSA) is 50.2 Å². The van der Waals surface area contributed by atoms with Gasteiger partial charge in [0, 0.05) is 18.0 Å². The number of aryl methyl sites for hydroxylation is 2. The molecule has 5 nitrogen and oxygen atoms in total. The molecule has 0 amide bonds. The predicted octanol–water partition coefficient (Wildman–Crippen LogP) is 2.98. The summed E-state index contributed by atoms with van der Waals surface area (Å²) in [6, 6.07) is 0. The lowest BCUT2D eigenvalue weighted by Crippen LogP contribution is -2.41. The number of thioether (sulfide) groups is 1. The Morgan fingerprint density at radius 2 is 2.00 bits per heavy atom. The molecule has 4 rings (SSSR count). The van der Waals surface area contributed by atoms with E-state index in [2.05, 4.69) is 10.3 Å². The van der Waals surface area contributed by atoms with Gasteiger partial charge in [-0.25, -0.2) is 4.98 Å². The second-order valence-corrected chi connectivity index (χ2v) is 8.48. The summed E-state index contributed by atoms with van der Waals surface area (Å²) >= 11 is 8.67. The van der Waals surface area contributed by atoms with Gasteiger partial charge in [0.15, 0.2) is 10.3 Å². The van der Waals surface area contributed by atoms with Crippen molar-refractivity contribution < 1.29 is 0 Å². The highest BCUT2D eigenvalue weighted by atomic mass is 32.2. The van der Waals surface area contributed by atoms with Crippen LogP contribution in [0.3, 0.4) is 0 Å². The van der Waals surface area contributed by atoms with Gasteiger partial charge in [-0.05, 0) is 62.6 Å². The van der Waals surface area contributed by atoms with Crippen molar-refractivity contribution in [2.24, 2.45) is 0 Å². The van der Waals surface area contributed by atoms with Crippen LogP contribution in [0.2, 0.25) is 0 Å². The molecule has 0 unspecified atom stereocenters. The number of nitrogens with zero attached hydrogens (tertiary/aromatic N) is 3. The summed E-state index contributed by atoms with van der Waals surface area (Å²) in [6.45, 7) is 1.91. The Morgan fingerprint density at radius 3 is 2.75 bits per heavy atom. The van der Waals surface area contributed by atoms with E-state index >= 15 is 0 Å². The van der Waals surface area contributed by atoms with Crippen LogP contribution in [0.25, 0.3) is 10.2 Å². The van der Waals surface area contributed by atoms with Crippen molar-refractivity contribution in [2.75, 3.05) is 24.8 Å². The van der Waals surface area contributed by atoms with Crippen LogP contribution in [-0.2, 0) is 12.8 Å². The quantitative estimate of drug-likeness (QED) is 0.491. The van der Waals surface area contributed by atoms with E-state index in [1.165, 1.54) is 28.6 Å². The molecule has 24 heavy (non-hydrogen) atoms. The zero-order valence-corrected chi connectivity index (χ0v) is 16.1. The summed E-state index contributed by atoms with van der Waals surface area (Å²) in [4.78, 5) is 22.3. The standard InChI is InChI=1S/C16H20N4OS3/c1-23-16-17-13-12(10-6-2-3-7-11(10)24-13)14(21)20(16)18-15(22)19-8-4-5-9-19/h2-9H2,1H3,(H,18,22). The normalized spacial score (nSPS) is 17.3. The van der Waals surface area contributed by atoms with Crippen molar-refractivity contribution in [2.45, 2.75) is 43.7 Å². The fourth-order valence-corrected chi connectivity index (χ4v) is 5.59. The van der Waals surface area contributed by atoms with Gasteiger partial charge in [-0.2, -0.15) is 4.68 Å². The van der Waals surface area contributed by atoms with Gasteiger partial charge in [-0.3, -0.25) is 10.2 Å². The number of thiocarbonyl (C=S) groups is 1. The molecule has 1 aliphatic heterocycles. The minimum absolute atomic E-state index is 0.00898. The summed E-state index contributed by atoms with van der Waals surface area (Å²) in [6.07, 6.45) is 8.68.